The Hall–Kier alpha value is -2.10. The first-order chi connectivity index (χ1) is 8.09. The standard InChI is InChI=1S/C13H16N4/c1-8(2)10-7-16-13(15)17-12(10)9-5-3-4-6-11(9)14/h3-8H,14H2,1-2H3,(H2,15,16,17). The van der Waals surface area contributed by atoms with Gasteiger partial charge in [0.2, 0.25) is 5.95 Å². The van der Waals surface area contributed by atoms with Gasteiger partial charge in [0.05, 0.1) is 5.69 Å². The van der Waals surface area contributed by atoms with Crippen LogP contribution >= 0.6 is 0 Å². The Kier molecular flexibility index (Phi) is 2.95. The molecule has 4 N–H and O–H groups in total. The fourth-order valence-electron chi connectivity index (χ4n) is 1.76. The maximum atomic E-state index is 5.97. The minimum Gasteiger partial charge on any atom is -0.398 e. The Labute approximate surface area is 101 Å². The number of rotatable bonds is 2. The largest absolute Gasteiger partial charge is 0.398 e. The molecule has 1 heterocycles. The third-order valence-corrected chi connectivity index (χ3v) is 2.67. The van der Waals surface area contributed by atoms with E-state index in [0.29, 0.717) is 11.6 Å². The lowest BCUT2D eigenvalue weighted by Crippen LogP contribution is -2.03. The summed E-state index contributed by atoms with van der Waals surface area (Å²) in [7, 11) is 0. The summed E-state index contributed by atoms with van der Waals surface area (Å²) in [5.41, 5.74) is 15.1. The van der Waals surface area contributed by atoms with Gasteiger partial charge in [-0.25, -0.2) is 9.97 Å². The highest BCUT2D eigenvalue weighted by Crippen LogP contribution is 2.30. The molecule has 0 fully saturated rings. The predicted molar refractivity (Wildman–Crippen MR) is 70.4 cm³/mol. The average molecular weight is 228 g/mol. The molecule has 1 aromatic heterocycles. The molecule has 2 rings (SSSR count). The van der Waals surface area contributed by atoms with Crippen molar-refractivity contribution in [3.05, 3.63) is 36.0 Å². The van der Waals surface area contributed by atoms with Gasteiger partial charge in [-0.2, -0.15) is 0 Å². The number of hydrogen-bond acceptors (Lipinski definition) is 4. The van der Waals surface area contributed by atoms with Crippen molar-refractivity contribution in [3.8, 4) is 11.3 Å². The maximum Gasteiger partial charge on any atom is 0.220 e. The number of hydrogen-bond donors (Lipinski definition) is 2. The van der Waals surface area contributed by atoms with Crippen molar-refractivity contribution in [2.24, 2.45) is 0 Å². The molecular formula is C13H16N4. The van der Waals surface area contributed by atoms with E-state index in [2.05, 4.69) is 23.8 Å². The lowest BCUT2D eigenvalue weighted by Gasteiger charge is -2.13. The van der Waals surface area contributed by atoms with E-state index in [4.69, 9.17) is 11.5 Å². The Morgan fingerprint density at radius 3 is 2.47 bits per heavy atom. The van der Waals surface area contributed by atoms with Gasteiger partial charge in [-0.1, -0.05) is 32.0 Å². The highest BCUT2D eigenvalue weighted by atomic mass is 15.0. The molecule has 0 aliphatic carbocycles. The van der Waals surface area contributed by atoms with Crippen LogP contribution < -0.4 is 11.5 Å². The summed E-state index contributed by atoms with van der Waals surface area (Å²) in [6.45, 7) is 4.19. The molecule has 2 aromatic rings. The predicted octanol–water partition coefficient (Wildman–Crippen LogP) is 2.43. The fourth-order valence-corrected chi connectivity index (χ4v) is 1.76. The molecule has 4 heteroatoms. The number of para-hydroxylation sites is 1. The zero-order chi connectivity index (χ0) is 12.4. The van der Waals surface area contributed by atoms with Gasteiger partial charge >= 0.3 is 0 Å². The zero-order valence-corrected chi connectivity index (χ0v) is 10.0. The van der Waals surface area contributed by atoms with Crippen LogP contribution in [0.2, 0.25) is 0 Å². The molecule has 0 saturated carbocycles. The quantitative estimate of drug-likeness (QED) is 0.774. The fraction of sp³-hybridized carbons (Fsp3) is 0.231. The van der Waals surface area contributed by atoms with Crippen LogP contribution in [0, 0.1) is 0 Å². The second-order valence-electron chi connectivity index (χ2n) is 4.27. The van der Waals surface area contributed by atoms with E-state index in [1.165, 1.54) is 0 Å². The van der Waals surface area contributed by atoms with Crippen molar-refractivity contribution in [1.82, 2.24) is 9.97 Å². The average Bonchev–Trinajstić information content (AvgIpc) is 2.29. The summed E-state index contributed by atoms with van der Waals surface area (Å²) in [5.74, 6) is 0.595. The molecule has 0 radical (unpaired) electrons. The smallest absolute Gasteiger partial charge is 0.220 e. The van der Waals surface area contributed by atoms with Gasteiger partial charge < -0.3 is 11.5 Å². The van der Waals surface area contributed by atoms with Crippen LogP contribution in [0.3, 0.4) is 0 Å². The van der Waals surface area contributed by atoms with Crippen LogP contribution in [0.25, 0.3) is 11.3 Å². The molecule has 17 heavy (non-hydrogen) atoms. The molecule has 0 amide bonds. The molecule has 0 saturated heterocycles. The van der Waals surface area contributed by atoms with Gasteiger partial charge in [-0.15, -0.1) is 0 Å². The number of nitrogens with zero attached hydrogens (tertiary/aromatic N) is 2. The van der Waals surface area contributed by atoms with Crippen molar-refractivity contribution < 1.29 is 0 Å². The van der Waals surface area contributed by atoms with Crippen molar-refractivity contribution in [1.29, 1.82) is 0 Å². The Morgan fingerprint density at radius 2 is 1.82 bits per heavy atom. The van der Waals surface area contributed by atoms with Gasteiger partial charge in [0, 0.05) is 17.4 Å². The minimum absolute atomic E-state index is 0.271. The summed E-state index contributed by atoms with van der Waals surface area (Å²) in [6.07, 6.45) is 1.77. The summed E-state index contributed by atoms with van der Waals surface area (Å²) in [4.78, 5) is 8.35. The normalized spacial score (nSPS) is 10.8. The molecule has 4 nitrogen and oxygen atoms in total. The van der Waals surface area contributed by atoms with Gasteiger partial charge in [-0.05, 0) is 17.5 Å². The van der Waals surface area contributed by atoms with Crippen molar-refractivity contribution in [2.45, 2.75) is 19.8 Å². The van der Waals surface area contributed by atoms with Crippen LogP contribution in [0.5, 0.6) is 0 Å². The van der Waals surface area contributed by atoms with E-state index < -0.39 is 0 Å². The van der Waals surface area contributed by atoms with Crippen molar-refractivity contribution >= 4 is 11.6 Å². The van der Waals surface area contributed by atoms with E-state index in [-0.39, 0.29) is 5.95 Å². The lowest BCUT2D eigenvalue weighted by atomic mass is 9.98. The topological polar surface area (TPSA) is 77.8 Å². The first-order valence-corrected chi connectivity index (χ1v) is 5.57. The molecule has 88 valence electrons. The van der Waals surface area contributed by atoms with Crippen LogP contribution in [-0.2, 0) is 0 Å². The SMILES string of the molecule is CC(C)c1cnc(N)nc1-c1ccccc1N. The Morgan fingerprint density at radius 1 is 1.12 bits per heavy atom. The van der Waals surface area contributed by atoms with Crippen LogP contribution in [0.4, 0.5) is 11.6 Å². The zero-order valence-electron chi connectivity index (χ0n) is 10.0. The summed E-state index contributed by atoms with van der Waals surface area (Å²) in [5, 5.41) is 0. The number of anilines is 2. The number of nitrogens with two attached hydrogens (primary N) is 2. The highest BCUT2D eigenvalue weighted by molar-refractivity contribution is 5.76. The van der Waals surface area contributed by atoms with E-state index >= 15 is 0 Å². The maximum absolute atomic E-state index is 5.97. The van der Waals surface area contributed by atoms with Gasteiger partial charge in [0.1, 0.15) is 0 Å². The Balaban J connectivity index is 2.65. The molecule has 0 bridgehead atoms. The van der Waals surface area contributed by atoms with E-state index in [1.807, 2.05) is 24.3 Å². The van der Waals surface area contributed by atoms with Crippen molar-refractivity contribution in [2.75, 3.05) is 11.5 Å². The van der Waals surface area contributed by atoms with Crippen LogP contribution in [0.1, 0.15) is 25.3 Å². The van der Waals surface area contributed by atoms with Gasteiger partial charge in [-0.3, -0.25) is 0 Å². The van der Waals surface area contributed by atoms with Crippen LogP contribution in [-0.4, -0.2) is 9.97 Å². The summed E-state index contributed by atoms with van der Waals surface area (Å²) < 4.78 is 0. The van der Waals surface area contributed by atoms with Crippen molar-refractivity contribution in [3.63, 3.8) is 0 Å². The second-order valence-corrected chi connectivity index (χ2v) is 4.27. The third kappa shape index (κ3) is 2.20. The van der Waals surface area contributed by atoms with E-state index in [9.17, 15) is 0 Å². The molecule has 0 atom stereocenters. The molecule has 0 spiro atoms. The van der Waals surface area contributed by atoms with Gasteiger partial charge in [0.15, 0.2) is 0 Å². The lowest BCUT2D eigenvalue weighted by molar-refractivity contribution is 0.851. The Bertz CT molecular complexity index is 535. The van der Waals surface area contributed by atoms with E-state index in [0.717, 1.165) is 16.8 Å². The summed E-state index contributed by atoms with van der Waals surface area (Å²) >= 11 is 0. The van der Waals surface area contributed by atoms with Gasteiger partial charge in [0.25, 0.3) is 0 Å². The second kappa shape index (κ2) is 4.41. The molecule has 0 aliphatic rings. The first-order valence-electron chi connectivity index (χ1n) is 5.57. The molecule has 0 unspecified atom stereocenters. The van der Waals surface area contributed by atoms with Crippen LogP contribution in [0.15, 0.2) is 30.5 Å². The summed E-state index contributed by atoms with van der Waals surface area (Å²) in [6, 6.07) is 7.65. The monoisotopic (exact) mass is 228 g/mol. The molecular weight excluding hydrogens is 212 g/mol. The molecule has 0 aliphatic heterocycles. The number of nitrogen functional groups attached to an aromatic ring is 2. The molecule has 1 aromatic carbocycles. The first kappa shape index (κ1) is 11.4. The highest BCUT2D eigenvalue weighted by Gasteiger charge is 2.13. The number of aromatic nitrogens is 2. The minimum atomic E-state index is 0.271. The third-order valence-electron chi connectivity index (χ3n) is 2.67. The van der Waals surface area contributed by atoms with E-state index in [1.54, 1.807) is 6.20 Å². The number of benzene rings is 1.